The van der Waals surface area contributed by atoms with Crippen LogP contribution in [0.2, 0.25) is 10.0 Å². The lowest BCUT2D eigenvalue weighted by Crippen LogP contribution is -2.48. The number of fused-ring (bicyclic) bond motifs is 1. The van der Waals surface area contributed by atoms with Crippen LogP contribution in [-0.4, -0.2) is 27.6 Å². The van der Waals surface area contributed by atoms with Gasteiger partial charge >= 0.3 is 6.36 Å². The second-order valence-electron chi connectivity index (χ2n) is 6.68. The number of nitrogens with one attached hydrogen (secondary N) is 1. The molecule has 1 N–H and O–H groups in total. The molecule has 6 nitrogen and oxygen atoms in total. The lowest BCUT2D eigenvalue weighted by molar-refractivity contribution is -0.274. The molecule has 0 aliphatic carbocycles. The van der Waals surface area contributed by atoms with Crippen LogP contribution in [0.3, 0.4) is 0 Å². The van der Waals surface area contributed by atoms with E-state index in [4.69, 9.17) is 23.2 Å². The topological polar surface area (TPSA) is 79.9 Å². The standard InChI is InChI=1S/C19H12BrCl2F3N4O2/c1-18(8-26,9-29-16(20)12-6-7-13(21)14(22)15(12)28-29)27-17(30)10-2-4-11(5-3-10)31-19(23,24)25/h2-7H,9H2,1H3,(H,27,30). The van der Waals surface area contributed by atoms with E-state index in [1.54, 1.807) is 12.1 Å². The predicted octanol–water partition coefficient (Wildman–Crippen LogP) is 5.72. The molecule has 0 aliphatic heterocycles. The molecular weight excluding hydrogens is 524 g/mol. The van der Waals surface area contributed by atoms with Crippen molar-refractivity contribution < 1.29 is 22.7 Å². The number of amides is 1. The largest absolute Gasteiger partial charge is 0.573 e. The van der Waals surface area contributed by atoms with E-state index < -0.39 is 23.6 Å². The smallest absolute Gasteiger partial charge is 0.406 e. The van der Waals surface area contributed by atoms with Crippen LogP contribution in [0, 0.1) is 11.3 Å². The number of alkyl halides is 3. The average molecular weight is 536 g/mol. The molecule has 2 aromatic carbocycles. The maximum absolute atomic E-state index is 12.6. The van der Waals surface area contributed by atoms with E-state index in [1.165, 1.54) is 11.6 Å². The van der Waals surface area contributed by atoms with Gasteiger partial charge in [0, 0.05) is 10.9 Å². The summed E-state index contributed by atoms with van der Waals surface area (Å²) < 4.78 is 42.6. The van der Waals surface area contributed by atoms with Gasteiger partial charge < -0.3 is 10.1 Å². The predicted molar refractivity (Wildman–Crippen MR) is 112 cm³/mol. The molecule has 1 amide bonds. The molecule has 0 saturated heterocycles. The maximum atomic E-state index is 12.6. The summed E-state index contributed by atoms with van der Waals surface area (Å²) in [6, 6.07) is 9.68. The average Bonchev–Trinajstić information content (AvgIpc) is 3.00. The zero-order valence-electron chi connectivity index (χ0n) is 15.6. The first-order chi connectivity index (χ1) is 14.4. The fourth-order valence-electron chi connectivity index (χ4n) is 2.75. The second-order valence-corrected chi connectivity index (χ2v) is 8.21. The van der Waals surface area contributed by atoms with Crippen molar-refractivity contribution in [2.75, 3.05) is 0 Å². The lowest BCUT2D eigenvalue weighted by atomic mass is 10.0. The molecule has 1 heterocycles. The van der Waals surface area contributed by atoms with Gasteiger partial charge in [-0.1, -0.05) is 23.2 Å². The normalized spacial score (nSPS) is 13.5. The van der Waals surface area contributed by atoms with E-state index in [-0.39, 0.29) is 17.1 Å². The Morgan fingerprint density at radius 2 is 1.90 bits per heavy atom. The van der Waals surface area contributed by atoms with Crippen LogP contribution in [0.4, 0.5) is 13.2 Å². The van der Waals surface area contributed by atoms with Crippen molar-refractivity contribution >= 4 is 55.9 Å². The maximum Gasteiger partial charge on any atom is 0.573 e. The minimum absolute atomic E-state index is 0.0479. The number of hydrogen-bond acceptors (Lipinski definition) is 4. The van der Waals surface area contributed by atoms with Crippen molar-refractivity contribution in [3.05, 3.63) is 56.6 Å². The summed E-state index contributed by atoms with van der Waals surface area (Å²) in [6.45, 7) is 1.44. The number of carbonyl (C=O) groups excluding carboxylic acids is 1. The van der Waals surface area contributed by atoms with Crippen molar-refractivity contribution in [3.63, 3.8) is 0 Å². The Bertz CT molecular complexity index is 1190. The zero-order valence-corrected chi connectivity index (χ0v) is 18.7. The summed E-state index contributed by atoms with van der Waals surface area (Å²) in [5, 5.41) is 17.8. The number of aromatic nitrogens is 2. The van der Waals surface area contributed by atoms with Crippen molar-refractivity contribution in [1.29, 1.82) is 5.26 Å². The summed E-state index contributed by atoms with van der Waals surface area (Å²) in [5.74, 6) is -1.12. The third-order valence-corrected chi connectivity index (χ3v) is 5.82. The molecule has 1 unspecified atom stereocenters. The van der Waals surface area contributed by atoms with Gasteiger partial charge in [-0.15, -0.1) is 13.2 Å². The molecule has 3 aromatic rings. The van der Waals surface area contributed by atoms with Gasteiger partial charge in [-0.3, -0.25) is 9.48 Å². The van der Waals surface area contributed by atoms with Gasteiger partial charge in [-0.25, -0.2) is 0 Å². The molecule has 0 fully saturated rings. The third kappa shape index (κ3) is 5.23. The van der Waals surface area contributed by atoms with Crippen LogP contribution >= 0.6 is 39.1 Å². The van der Waals surface area contributed by atoms with Gasteiger partial charge in [0.2, 0.25) is 0 Å². The Morgan fingerprint density at radius 1 is 1.26 bits per heavy atom. The quantitative estimate of drug-likeness (QED) is 0.453. The number of nitriles is 1. The molecule has 0 spiro atoms. The number of benzene rings is 2. The van der Waals surface area contributed by atoms with Crippen LogP contribution in [0.5, 0.6) is 5.75 Å². The Morgan fingerprint density at radius 3 is 2.48 bits per heavy atom. The molecule has 0 radical (unpaired) electrons. The summed E-state index contributed by atoms with van der Waals surface area (Å²) >= 11 is 15.6. The monoisotopic (exact) mass is 534 g/mol. The van der Waals surface area contributed by atoms with Gasteiger partial charge in [0.1, 0.15) is 21.4 Å². The van der Waals surface area contributed by atoms with Gasteiger partial charge in [0.15, 0.2) is 0 Å². The number of ether oxygens (including phenoxy) is 1. The van der Waals surface area contributed by atoms with E-state index in [0.29, 0.717) is 20.5 Å². The molecule has 0 bridgehead atoms. The highest BCUT2D eigenvalue weighted by Crippen LogP contribution is 2.34. The van der Waals surface area contributed by atoms with Crippen LogP contribution < -0.4 is 10.1 Å². The molecular formula is C19H12BrCl2F3N4O2. The first-order valence-corrected chi connectivity index (χ1v) is 10.1. The fraction of sp³-hybridized carbons (Fsp3) is 0.211. The van der Waals surface area contributed by atoms with Crippen molar-refractivity contribution in [2.45, 2.75) is 25.4 Å². The highest BCUT2D eigenvalue weighted by molar-refractivity contribution is 9.10. The molecule has 31 heavy (non-hydrogen) atoms. The van der Waals surface area contributed by atoms with E-state index in [1.807, 2.05) is 6.07 Å². The summed E-state index contributed by atoms with van der Waals surface area (Å²) in [6.07, 6.45) is -4.84. The van der Waals surface area contributed by atoms with E-state index in [9.17, 15) is 23.2 Å². The SMILES string of the molecule is CC(C#N)(Cn1nc2c(Cl)c(Cl)ccc2c1Br)NC(=O)c1ccc(OC(F)(F)F)cc1. The van der Waals surface area contributed by atoms with Crippen molar-refractivity contribution in [2.24, 2.45) is 0 Å². The number of carbonyl (C=O) groups is 1. The molecule has 0 saturated carbocycles. The Kier molecular flexibility index (Phi) is 6.41. The number of nitrogens with zero attached hydrogens (tertiary/aromatic N) is 3. The molecule has 1 atom stereocenters. The van der Waals surface area contributed by atoms with Crippen LogP contribution in [-0.2, 0) is 6.54 Å². The first-order valence-electron chi connectivity index (χ1n) is 8.52. The minimum Gasteiger partial charge on any atom is -0.406 e. The van der Waals surface area contributed by atoms with Gasteiger partial charge in [-0.2, -0.15) is 10.4 Å². The lowest BCUT2D eigenvalue weighted by Gasteiger charge is -2.23. The van der Waals surface area contributed by atoms with Crippen LogP contribution in [0.1, 0.15) is 17.3 Å². The Hall–Kier alpha value is -2.48. The minimum atomic E-state index is -4.84. The number of rotatable bonds is 5. The van der Waals surface area contributed by atoms with Crippen molar-refractivity contribution in [1.82, 2.24) is 15.1 Å². The molecule has 1 aromatic heterocycles. The Balaban J connectivity index is 1.81. The molecule has 3 rings (SSSR count). The van der Waals surface area contributed by atoms with E-state index in [2.05, 4.69) is 31.1 Å². The highest BCUT2D eigenvalue weighted by Gasteiger charge is 2.32. The summed E-state index contributed by atoms with van der Waals surface area (Å²) in [7, 11) is 0. The van der Waals surface area contributed by atoms with Gasteiger partial charge in [0.25, 0.3) is 5.91 Å². The summed E-state index contributed by atoms with van der Waals surface area (Å²) in [4.78, 5) is 12.6. The number of hydrogen-bond donors (Lipinski definition) is 1. The van der Waals surface area contributed by atoms with E-state index in [0.717, 1.165) is 24.3 Å². The van der Waals surface area contributed by atoms with Crippen LogP contribution in [0.25, 0.3) is 10.9 Å². The van der Waals surface area contributed by atoms with Crippen molar-refractivity contribution in [3.8, 4) is 11.8 Å². The van der Waals surface area contributed by atoms with Crippen LogP contribution in [0.15, 0.2) is 41.0 Å². The highest BCUT2D eigenvalue weighted by atomic mass is 79.9. The number of halogens is 6. The Labute approximate surface area is 192 Å². The fourth-order valence-corrected chi connectivity index (χ4v) is 3.63. The van der Waals surface area contributed by atoms with E-state index >= 15 is 0 Å². The summed E-state index contributed by atoms with van der Waals surface area (Å²) in [5.41, 5.74) is -0.928. The zero-order chi connectivity index (χ0) is 23.0. The second kappa shape index (κ2) is 8.57. The molecule has 0 aliphatic rings. The first kappa shape index (κ1) is 23.2. The molecule has 12 heteroatoms. The van der Waals surface area contributed by atoms with Gasteiger partial charge in [0.05, 0.1) is 22.7 Å². The van der Waals surface area contributed by atoms with Gasteiger partial charge in [-0.05, 0) is 59.3 Å². The molecule has 162 valence electrons. The third-order valence-electron chi connectivity index (χ3n) is 4.19.